The van der Waals surface area contributed by atoms with Crippen LogP contribution in [0.4, 0.5) is 0 Å². The average molecular weight is 392 g/mol. The Morgan fingerprint density at radius 2 is 1.72 bits per heavy atom. The number of amides is 2. The van der Waals surface area contributed by atoms with Crippen LogP contribution < -0.4 is 15.4 Å². The minimum absolute atomic E-state index is 0.187. The molecule has 0 atom stereocenters. The highest BCUT2D eigenvalue weighted by Crippen LogP contribution is 2.13. The molecule has 0 heterocycles. The normalized spacial score (nSPS) is 11.3. The summed E-state index contributed by atoms with van der Waals surface area (Å²) < 4.78 is 5.61. The van der Waals surface area contributed by atoms with Gasteiger partial charge in [0, 0.05) is 12.1 Å². The number of nitrogens with one attached hydrogen (secondary N) is 2. The summed E-state index contributed by atoms with van der Waals surface area (Å²) in [6, 6.07) is 16.6. The van der Waals surface area contributed by atoms with E-state index in [0.717, 1.165) is 24.2 Å². The number of carbonyl (C=O) groups is 2. The number of benzene rings is 2. The van der Waals surface area contributed by atoms with Crippen molar-refractivity contribution in [1.29, 1.82) is 0 Å². The van der Waals surface area contributed by atoms with Crippen LogP contribution in [0.5, 0.6) is 5.75 Å². The third kappa shape index (κ3) is 7.66. The first kappa shape index (κ1) is 22.0. The van der Waals surface area contributed by atoms with Crippen molar-refractivity contribution in [3.63, 3.8) is 0 Å². The minimum Gasteiger partial charge on any atom is -0.494 e. The largest absolute Gasteiger partial charge is 0.494 e. The molecule has 2 amide bonds. The lowest BCUT2D eigenvalue weighted by Crippen LogP contribution is -2.34. The van der Waals surface area contributed by atoms with Gasteiger partial charge in [0.05, 0.1) is 6.61 Å². The monoisotopic (exact) mass is 392 g/mol. The van der Waals surface area contributed by atoms with Gasteiger partial charge in [-0.15, -0.1) is 0 Å². The molecule has 29 heavy (non-hydrogen) atoms. The van der Waals surface area contributed by atoms with E-state index < -0.39 is 0 Å². The van der Waals surface area contributed by atoms with E-state index in [-0.39, 0.29) is 17.5 Å². The average Bonchev–Trinajstić information content (AvgIpc) is 2.74. The molecular formula is C24H28N2O3. The van der Waals surface area contributed by atoms with Crippen molar-refractivity contribution in [2.45, 2.75) is 26.7 Å². The fraction of sp³-hybridized carbons (Fsp3) is 0.250. The Bertz CT molecular complexity index is 840. The number of ether oxygens (including phenoxy) is 1. The van der Waals surface area contributed by atoms with Crippen LogP contribution in [-0.2, 0) is 4.79 Å². The zero-order chi connectivity index (χ0) is 20.9. The number of unbranched alkanes of at least 4 members (excludes halogenated alkanes) is 1. The molecular weight excluding hydrogens is 364 g/mol. The zero-order valence-corrected chi connectivity index (χ0v) is 17.0. The van der Waals surface area contributed by atoms with Gasteiger partial charge in [-0.25, -0.2) is 0 Å². The van der Waals surface area contributed by atoms with E-state index in [1.54, 1.807) is 36.4 Å². The van der Waals surface area contributed by atoms with Crippen LogP contribution in [0.15, 0.2) is 72.4 Å². The van der Waals surface area contributed by atoms with Crippen LogP contribution in [0.2, 0.25) is 0 Å². The summed E-state index contributed by atoms with van der Waals surface area (Å²) in [6.07, 6.45) is 7.25. The van der Waals surface area contributed by atoms with Crippen molar-refractivity contribution in [2.24, 2.45) is 0 Å². The summed E-state index contributed by atoms with van der Waals surface area (Å²) in [5.74, 6) is 0.0362. The van der Waals surface area contributed by atoms with Crippen LogP contribution in [-0.4, -0.2) is 25.0 Å². The molecule has 0 saturated carbocycles. The first-order valence-electron chi connectivity index (χ1n) is 9.89. The molecule has 0 aliphatic rings. The second-order valence-corrected chi connectivity index (χ2v) is 6.39. The van der Waals surface area contributed by atoms with Gasteiger partial charge >= 0.3 is 0 Å². The summed E-state index contributed by atoms with van der Waals surface area (Å²) in [5.41, 5.74) is 1.64. The SMILES string of the molecule is CCCCOc1ccc(C(=O)N/C(=C/C=C/c2ccccc2)C(=O)NCC)cc1. The van der Waals surface area contributed by atoms with Gasteiger partial charge in [0.1, 0.15) is 11.4 Å². The molecule has 0 fully saturated rings. The van der Waals surface area contributed by atoms with Crippen molar-refractivity contribution < 1.29 is 14.3 Å². The first-order chi connectivity index (χ1) is 14.1. The molecule has 2 N–H and O–H groups in total. The quantitative estimate of drug-likeness (QED) is 0.359. The predicted octanol–water partition coefficient (Wildman–Crippen LogP) is 4.33. The van der Waals surface area contributed by atoms with Gasteiger partial charge in [-0.3, -0.25) is 9.59 Å². The smallest absolute Gasteiger partial charge is 0.267 e. The van der Waals surface area contributed by atoms with Gasteiger partial charge < -0.3 is 15.4 Å². The maximum absolute atomic E-state index is 12.6. The van der Waals surface area contributed by atoms with Gasteiger partial charge in [-0.2, -0.15) is 0 Å². The summed E-state index contributed by atoms with van der Waals surface area (Å²) in [6.45, 7) is 5.05. The Balaban J connectivity index is 2.07. The fourth-order valence-electron chi connectivity index (χ4n) is 2.48. The van der Waals surface area contributed by atoms with Crippen molar-refractivity contribution >= 4 is 17.9 Å². The second-order valence-electron chi connectivity index (χ2n) is 6.39. The number of hydrogen-bond acceptors (Lipinski definition) is 3. The zero-order valence-electron chi connectivity index (χ0n) is 17.0. The van der Waals surface area contributed by atoms with E-state index in [1.807, 2.05) is 43.3 Å². The molecule has 0 saturated heterocycles. The lowest BCUT2D eigenvalue weighted by molar-refractivity contribution is -0.117. The molecule has 0 radical (unpaired) electrons. The molecule has 0 aliphatic carbocycles. The van der Waals surface area contributed by atoms with Gasteiger partial charge in [0.15, 0.2) is 0 Å². The van der Waals surface area contributed by atoms with Crippen LogP contribution >= 0.6 is 0 Å². The van der Waals surface area contributed by atoms with Crippen LogP contribution in [0.3, 0.4) is 0 Å². The molecule has 0 aromatic heterocycles. The summed E-state index contributed by atoms with van der Waals surface area (Å²) in [5, 5.41) is 5.41. The van der Waals surface area contributed by atoms with Crippen molar-refractivity contribution in [3.8, 4) is 5.75 Å². The van der Waals surface area contributed by atoms with Crippen LogP contribution in [0, 0.1) is 0 Å². The van der Waals surface area contributed by atoms with Gasteiger partial charge in [0.25, 0.3) is 11.8 Å². The molecule has 0 unspecified atom stereocenters. The number of hydrogen-bond donors (Lipinski definition) is 2. The van der Waals surface area contributed by atoms with E-state index in [9.17, 15) is 9.59 Å². The molecule has 152 valence electrons. The Morgan fingerprint density at radius 1 is 1.00 bits per heavy atom. The highest BCUT2D eigenvalue weighted by atomic mass is 16.5. The standard InChI is InChI=1S/C24H28N2O3/c1-3-5-18-29-21-16-14-20(15-17-21)23(27)26-22(24(28)25-4-2)13-9-12-19-10-7-6-8-11-19/h6-17H,3-5,18H2,1-2H3,(H,25,28)(H,26,27)/b12-9+,22-13+. The third-order valence-corrected chi connectivity index (χ3v) is 4.06. The van der Waals surface area contributed by atoms with Crippen molar-refractivity contribution in [1.82, 2.24) is 10.6 Å². The lowest BCUT2D eigenvalue weighted by Gasteiger charge is -2.10. The number of likely N-dealkylation sites (N-methyl/N-ethyl adjacent to an activating group) is 1. The molecule has 2 rings (SSSR count). The maximum atomic E-state index is 12.6. The molecule has 5 nitrogen and oxygen atoms in total. The van der Waals surface area contributed by atoms with Crippen molar-refractivity contribution in [3.05, 3.63) is 83.6 Å². The fourth-order valence-corrected chi connectivity index (χ4v) is 2.48. The molecule has 0 spiro atoms. The van der Waals surface area contributed by atoms with E-state index in [4.69, 9.17) is 4.74 Å². The lowest BCUT2D eigenvalue weighted by atomic mass is 10.2. The Hall–Kier alpha value is -3.34. The molecule has 2 aromatic carbocycles. The van der Waals surface area contributed by atoms with Gasteiger partial charge in [-0.05, 0) is 49.2 Å². The van der Waals surface area contributed by atoms with Gasteiger partial charge in [0.2, 0.25) is 0 Å². The Kier molecular flexibility index (Phi) is 9.22. The molecule has 0 aliphatic heterocycles. The topological polar surface area (TPSA) is 67.4 Å². The van der Waals surface area contributed by atoms with Crippen molar-refractivity contribution in [2.75, 3.05) is 13.2 Å². The summed E-state index contributed by atoms with van der Waals surface area (Å²) >= 11 is 0. The third-order valence-electron chi connectivity index (χ3n) is 4.06. The second kappa shape index (κ2) is 12.2. The highest BCUT2D eigenvalue weighted by Gasteiger charge is 2.13. The van der Waals surface area contributed by atoms with E-state index >= 15 is 0 Å². The molecule has 5 heteroatoms. The summed E-state index contributed by atoms with van der Waals surface area (Å²) in [4.78, 5) is 24.9. The van der Waals surface area contributed by atoms with E-state index in [1.165, 1.54) is 0 Å². The minimum atomic E-state index is -0.351. The van der Waals surface area contributed by atoms with Crippen LogP contribution in [0.25, 0.3) is 6.08 Å². The molecule has 0 bridgehead atoms. The maximum Gasteiger partial charge on any atom is 0.267 e. The predicted molar refractivity (Wildman–Crippen MR) is 117 cm³/mol. The number of allylic oxidation sites excluding steroid dienone is 2. The van der Waals surface area contributed by atoms with E-state index in [2.05, 4.69) is 17.6 Å². The molecule has 2 aromatic rings. The Morgan fingerprint density at radius 3 is 2.38 bits per heavy atom. The number of rotatable bonds is 10. The first-order valence-corrected chi connectivity index (χ1v) is 9.89. The van der Waals surface area contributed by atoms with Gasteiger partial charge in [-0.1, -0.05) is 55.8 Å². The van der Waals surface area contributed by atoms with Crippen LogP contribution in [0.1, 0.15) is 42.6 Å². The summed E-state index contributed by atoms with van der Waals surface area (Å²) in [7, 11) is 0. The number of carbonyl (C=O) groups excluding carboxylic acids is 2. The Labute approximate surface area is 172 Å². The highest BCUT2D eigenvalue weighted by molar-refractivity contribution is 6.03. The van der Waals surface area contributed by atoms with E-state index in [0.29, 0.717) is 18.7 Å².